The van der Waals surface area contributed by atoms with Crippen molar-refractivity contribution in [1.29, 1.82) is 0 Å². The number of aliphatic carboxylic acids is 1. The van der Waals surface area contributed by atoms with E-state index in [-0.39, 0.29) is 0 Å². The zero-order valence-electron chi connectivity index (χ0n) is 8.21. The van der Waals surface area contributed by atoms with Gasteiger partial charge in [-0.3, -0.25) is 0 Å². The monoisotopic (exact) mass is 183 g/mol. The lowest BCUT2D eigenvalue weighted by atomic mass is 9.87. The molecule has 0 aromatic heterocycles. The molecule has 0 spiro atoms. The molecular formula is C10H17NO2. The summed E-state index contributed by atoms with van der Waals surface area (Å²) in [7, 11) is 0. The Kier molecular flexibility index (Phi) is 2.96. The van der Waals surface area contributed by atoms with Gasteiger partial charge in [-0.25, -0.2) is 4.79 Å². The summed E-state index contributed by atoms with van der Waals surface area (Å²) in [5.74, 6) is -0.900. The van der Waals surface area contributed by atoms with Gasteiger partial charge in [0, 0.05) is 18.3 Å². The average Bonchev–Trinajstić information content (AvgIpc) is 2.30. The predicted molar refractivity (Wildman–Crippen MR) is 51.3 cm³/mol. The van der Waals surface area contributed by atoms with Crippen LogP contribution >= 0.6 is 0 Å². The Balaban J connectivity index is 2.41. The van der Waals surface area contributed by atoms with Crippen LogP contribution in [0.4, 0.5) is 0 Å². The van der Waals surface area contributed by atoms with Crippen molar-refractivity contribution in [2.45, 2.75) is 39.2 Å². The van der Waals surface area contributed by atoms with Crippen LogP contribution in [0.5, 0.6) is 0 Å². The highest BCUT2D eigenvalue weighted by Crippen LogP contribution is 2.36. The number of rotatable bonds is 3. The Labute approximate surface area is 78.8 Å². The van der Waals surface area contributed by atoms with E-state index in [0.717, 1.165) is 12.5 Å². The highest BCUT2D eigenvalue weighted by molar-refractivity contribution is 5.79. The minimum atomic E-state index is -0.900. The summed E-state index contributed by atoms with van der Waals surface area (Å²) >= 11 is 0. The van der Waals surface area contributed by atoms with E-state index < -0.39 is 5.97 Å². The first kappa shape index (κ1) is 10.1. The third kappa shape index (κ3) is 2.76. The fraction of sp³-hybridized carbons (Fsp3) is 0.700. The first-order chi connectivity index (χ1) is 6.02. The third-order valence-corrected chi connectivity index (χ3v) is 2.78. The normalized spacial score (nSPS) is 26.5. The second-order valence-corrected chi connectivity index (χ2v) is 4.27. The van der Waals surface area contributed by atoms with Crippen LogP contribution in [0.1, 0.15) is 33.1 Å². The summed E-state index contributed by atoms with van der Waals surface area (Å²) in [6.07, 6.45) is 6.27. The quantitative estimate of drug-likeness (QED) is 0.655. The number of carboxylic acid groups (broad SMARTS) is 1. The lowest BCUT2D eigenvalue weighted by Crippen LogP contribution is -2.34. The Hall–Kier alpha value is -0.990. The van der Waals surface area contributed by atoms with E-state index in [2.05, 4.69) is 19.2 Å². The molecule has 0 amide bonds. The fourth-order valence-electron chi connectivity index (χ4n) is 1.87. The van der Waals surface area contributed by atoms with Crippen LogP contribution in [0.2, 0.25) is 0 Å². The smallest absolute Gasteiger partial charge is 0.329 e. The second kappa shape index (κ2) is 3.81. The SMILES string of the molecule is CC1(C)CCCC1N/C=C/C(=O)O. The zero-order chi connectivity index (χ0) is 9.90. The lowest BCUT2D eigenvalue weighted by molar-refractivity contribution is -0.131. The molecule has 3 nitrogen and oxygen atoms in total. The number of carbonyl (C=O) groups is 1. The average molecular weight is 183 g/mol. The first-order valence-corrected chi connectivity index (χ1v) is 4.68. The van der Waals surface area contributed by atoms with Crippen LogP contribution < -0.4 is 5.32 Å². The summed E-state index contributed by atoms with van der Waals surface area (Å²) in [6, 6.07) is 0.420. The van der Waals surface area contributed by atoms with Gasteiger partial charge in [-0.2, -0.15) is 0 Å². The Bertz CT molecular complexity index is 221. The van der Waals surface area contributed by atoms with Crippen LogP contribution in [0.15, 0.2) is 12.3 Å². The van der Waals surface area contributed by atoms with Crippen LogP contribution in [0.3, 0.4) is 0 Å². The maximum absolute atomic E-state index is 10.2. The van der Waals surface area contributed by atoms with Gasteiger partial charge >= 0.3 is 5.97 Å². The second-order valence-electron chi connectivity index (χ2n) is 4.27. The predicted octanol–water partition coefficient (Wildman–Crippen LogP) is 1.75. The van der Waals surface area contributed by atoms with Gasteiger partial charge < -0.3 is 10.4 Å². The maximum atomic E-state index is 10.2. The van der Waals surface area contributed by atoms with Crippen molar-refractivity contribution in [3.63, 3.8) is 0 Å². The third-order valence-electron chi connectivity index (χ3n) is 2.78. The molecule has 1 unspecified atom stereocenters. The van der Waals surface area contributed by atoms with Gasteiger partial charge in [-0.15, -0.1) is 0 Å². The Morgan fingerprint density at radius 3 is 2.77 bits per heavy atom. The van der Waals surface area contributed by atoms with Crippen LogP contribution in [-0.2, 0) is 4.79 Å². The summed E-state index contributed by atoms with van der Waals surface area (Å²) in [5, 5.41) is 11.5. The highest BCUT2D eigenvalue weighted by atomic mass is 16.4. The van der Waals surface area contributed by atoms with Gasteiger partial charge in [0.2, 0.25) is 0 Å². The minimum Gasteiger partial charge on any atom is -0.478 e. The standard InChI is InChI=1S/C10H17NO2/c1-10(2)6-3-4-8(10)11-7-5-9(12)13/h5,7-8,11H,3-4,6H2,1-2H3,(H,12,13)/b7-5+. The molecule has 1 atom stereocenters. The summed E-state index contributed by atoms with van der Waals surface area (Å²) < 4.78 is 0. The van der Waals surface area contributed by atoms with E-state index in [9.17, 15) is 4.79 Å². The van der Waals surface area contributed by atoms with Crippen LogP contribution in [-0.4, -0.2) is 17.1 Å². The van der Waals surface area contributed by atoms with Gasteiger partial charge in [0.1, 0.15) is 0 Å². The van der Waals surface area contributed by atoms with E-state index in [4.69, 9.17) is 5.11 Å². The lowest BCUT2D eigenvalue weighted by Gasteiger charge is -2.26. The zero-order valence-corrected chi connectivity index (χ0v) is 8.21. The minimum absolute atomic E-state index is 0.294. The summed E-state index contributed by atoms with van der Waals surface area (Å²) in [4.78, 5) is 10.2. The number of hydrogen-bond acceptors (Lipinski definition) is 2. The van der Waals surface area contributed by atoms with Crippen molar-refractivity contribution >= 4 is 5.97 Å². The van der Waals surface area contributed by atoms with E-state index in [1.165, 1.54) is 12.8 Å². The molecule has 1 fully saturated rings. The molecule has 0 aliphatic heterocycles. The van der Waals surface area contributed by atoms with E-state index >= 15 is 0 Å². The molecule has 1 saturated carbocycles. The molecule has 0 heterocycles. The molecular weight excluding hydrogens is 166 g/mol. The Morgan fingerprint density at radius 2 is 2.31 bits per heavy atom. The van der Waals surface area contributed by atoms with Gasteiger partial charge in [-0.1, -0.05) is 20.3 Å². The molecule has 13 heavy (non-hydrogen) atoms. The van der Waals surface area contributed by atoms with Crippen LogP contribution in [0.25, 0.3) is 0 Å². The molecule has 2 N–H and O–H groups in total. The molecule has 0 bridgehead atoms. The topological polar surface area (TPSA) is 49.3 Å². The molecule has 3 heteroatoms. The van der Waals surface area contributed by atoms with Crippen molar-refractivity contribution in [3.8, 4) is 0 Å². The van der Waals surface area contributed by atoms with Gasteiger partial charge in [-0.05, 0) is 18.3 Å². The number of nitrogens with one attached hydrogen (secondary N) is 1. The van der Waals surface area contributed by atoms with Crippen molar-refractivity contribution in [2.24, 2.45) is 5.41 Å². The molecule has 1 aliphatic rings. The number of hydrogen-bond donors (Lipinski definition) is 2. The Morgan fingerprint density at radius 1 is 1.62 bits per heavy atom. The van der Waals surface area contributed by atoms with Crippen molar-refractivity contribution in [2.75, 3.05) is 0 Å². The van der Waals surface area contributed by atoms with Crippen molar-refractivity contribution < 1.29 is 9.90 Å². The molecule has 0 aromatic rings. The van der Waals surface area contributed by atoms with Crippen LogP contribution in [0, 0.1) is 5.41 Å². The molecule has 0 saturated heterocycles. The van der Waals surface area contributed by atoms with E-state index in [1.807, 2.05) is 0 Å². The largest absolute Gasteiger partial charge is 0.478 e. The van der Waals surface area contributed by atoms with E-state index in [0.29, 0.717) is 11.5 Å². The van der Waals surface area contributed by atoms with Gasteiger partial charge in [0.05, 0.1) is 0 Å². The maximum Gasteiger partial charge on any atom is 0.329 e. The molecule has 1 rings (SSSR count). The first-order valence-electron chi connectivity index (χ1n) is 4.68. The van der Waals surface area contributed by atoms with Gasteiger partial charge in [0.15, 0.2) is 0 Å². The van der Waals surface area contributed by atoms with Crippen molar-refractivity contribution in [3.05, 3.63) is 12.3 Å². The molecule has 74 valence electrons. The molecule has 0 radical (unpaired) electrons. The van der Waals surface area contributed by atoms with Gasteiger partial charge in [0.25, 0.3) is 0 Å². The summed E-state index contributed by atoms with van der Waals surface area (Å²) in [5.41, 5.74) is 0.294. The molecule has 1 aliphatic carbocycles. The fourth-order valence-corrected chi connectivity index (χ4v) is 1.87. The highest BCUT2D eigenvalue weighted by Gasteiger charge is 2.33. The summed E-state index contributed by atoms with van der Waals surface area (Å²) in [6.45, 7) is 4.43. The number of carboxylic acids is 1. The van der Waals surface area contributed by atoms with Crippen molar-refractivity contribution in [1.82, 2.24) is 5.32 Å². The van der Waals surface area contributed by atoms with E-state index in [1.54, 1.807) is 6.20 Å². The molecule has 0 aromatic carbocycles.